The molecule has 0 spiro atoms. The molecular weight excluding hydrogens is 296 g/mol. The van der Waals surface area contributed by atoms with Gasteiger partial charge in [-0.1, -0.05) is 6.07 Å². The second-order valence-corrected chi connectivity index (χ2v) is 6.13. The molecule has 1 atom stereocenters. The fourth-order valence-electron chi connectivity index (χ4n) is 3.41. The Kier molecular flexibility index (Phi) is 4.07. The van der Waals surface area contributed by atoms with Crippen molar-refractivity contribution >= 4 is 16.7 Å². The summed E-state index contributed by atoms with van der Waals surface area (Å²) in [4.78, 5) is 22.0. The average Bonchev–Trinajstić information content (AvgIpc) is 2.97. The first-order valence-electron chi connectivity index (χ1n) is 8.17. The van der Waals surface area contributed by atoms with Crippen LogP contribution in [0, 0.1) is 0 Å². The highest BCUT2D eigenvalue weighted by atomic mass is 16.6. The molecule has 0 saturated carbocycles. The van der Waals surface area contributed by atoms with Crippen LogP contribution >= 0.6 is 0 Å². The van der Waals surface area contributed by atoms with Gasteiger partial charge in [0, 0.05) is 32.7 Å². The number of rotatable bonds is 3. The summed E-state index contributed by atoms with van der Waals surface area (Å²) in [5, 5.41) is 0. The molecule has 7 nitrogen and oxygen atoms in total. The van der Waals surface area contributed by atoms with Gasteiger partial charge < -0.3 is 24.3 Å². The predicted octanol–water partition coefficient (Wildman–Crippen LogP) is 0.394. The first kappa shape index (κ1) is 14.7. The van der Waals surface area contributed by atoms with Crippen LogP contribution < -0.4 is 10.6 Å². The van der Waals surface area contributed by atoms with E-state index in [0.29, 0.717) is 19.8 Å². The van der Waals surface area contributed by atoms with E-state index < -0.39 is 0 Å². The molecule has 23 heavy (non-hydrogen) atoms. The SMILES string of the molecule is O=c1[nH]c2cccc(N3CCN(C[C@H]4COCCO4)CC3)c2[nH]1. The number of H-pyrrole nitrogens is 2. The zero-order valence-corrected chi connectivity index (χ0v) is 13.1. The smallest absolute Gasteiger partial charge is 0.323 e. The first-order chi connectivity index (χ1) is 11.3. The quantitative estimate of drug-likeness (QED) is 0.857. The second kappa shape index (κ2) is 6.35. The molecule has 0 unspecified atom stereocenters. The second-order valence-electron chi connectivity index (χ2n) is 6.13. The van der Waals surface area contributed by atoms with Crippen LogP contribution in [0.25, 0.3) is 11.0 Å². The number of nitrogens with zero attached hydrogens (tertiary/aromatic N) is 2. The molecule has 1 aromatic carbocycles. The number of nitrogens with one attached hydrogen (secondary N) is 2. The maximum atomic E-state index is 11.5. The minimum absolute atomic E-state index is 0.152. The number of piperazine rings is 1. The normalized spacial score (nSPS) is 23.5. The van der Waals surface area contributed by atoms with E-state index in [1.807, 2.05) is 12.1 Å². The molecule has 1 aromatic heterocycles. The maximum absolute atomic E-state index is 11.5. The summed E-state index contributed by atoms with van der Waals surface area (Å²) < 4.78 is 11.2. The molecule has 2 aromatic rings. The standard InChI is InChI=1S/C16H22N4O3/c21-16-17-13-2-1-3-14(15(13)18-16)20-6-4-19(5-7-20)10-12-11-22-8-9-23-12/h1-3,12H,4-11H2,(H2,17,18,21)/t12-/m0/s1. The van der Waals surface area contributed by atoms with Gasteiger partial charge in [-0.2, -0.15) is 0 Å². The molecule has 3 heterocycles. The topological polar surface area (TPSA) is 73.6 Å². The lowest BCUT2D eigenvalue weighted by Crippen LogP contribution is -2.50. The molecule has 7 heteroatoms. The van der Waals surface area contributed by atoms with Gasteiger partial charge in [-0.05, 0) is 12.1 Å². The lowest BCUT2D eigenvalue weighted by Gasteiger charge is -2.38. The van der Waals surface area contributed by atoms with Crippen molar-refractivity contribution in [3.63, 3.8) is 0 Å². The van der Waals surface area contributed by atoms with Crippen LogP contribution in [0.5, 0.6) is 0 Å². The van der Waals surface area contributed by atoms with Gasteiger partial charge in [0.2, 0.25) is 0 Å². The number of hydrogen-bond donors (Lipinski definition) is 2. The van der Waals surface area contributed by atoms with Crippen molar-refractivity contribution in [2.75, 3.05) is 57.4 Å². The number of benzene rings is 1. The van der Waals surface area contributed by atoms with Crippen molar-refractivity contribution in [3.05, 3.63) is 28.7 Å². The fourth-order valence-corrected chi connectivity index (χ4v) is 3.41. The summed E-state index contributed by atoms with van der Waals surface area (Å²) in [6, 6.07) is 5.98. The molecule has 2 fully saturated rings. The van der Waals surface area contributed by atoms with Crippen LogP contribution in [0.2, 0.25) is 0 Å². The molecule has 2 saturated heterocycles. The van der Waals surface area contributed by atoms with Gasteiger partial charge >= 0.3 is 5.69 Å². The van der Waals surface area contributed by atoms with Crippen molar-refractivity contribution in [1.82, 2.24) is 14.9 Å². The Morgan fingerprint density at radius 3 is 2.78 bits per heavy atom. The van der Waals surface area contributed by atoms with E-state index in [1.54, 1.807) is 0 Å². The minimum atomic E-state index is -0.152. The van der Waals surface area contributed by atoms with Crippen molar-refractivity contribution in [2.24, 2.45) is 0 Å². The third-order valence-electron chi connectivity index (χ3n) is 4.59. The molecule has 0 amide bonds. The van der Waals surface area contributed by atoms with E-state index in [4.69, 9.17) is 9.47 Å². The number of hydrogen-bond acceptors (Lipinski definition) is 5. The van der Waals surface area contributed by atoms with Gasteiger partial charge in [-0.3, -0.25) is 4.90 Å². The van der Waals surface area contributed by atoms with Crippen molar-refractivity contribution < 1.29 is 9.47 Å². The molecule has 0 bridgehead atoms. The average molecular weight is 318 g/mol. The monoisotopic (exact) mass is 318 g/mol. The summed E-state index contributed by atoms with van der Waals surface area (Å²) in [5.41, 5.74) is 2.70. The van der Waals surface area contributed by atoms with Gasteiger partial charge in [-0.15, -0.1) is 0 Å². The number of aromatic amines is 2. The third kappa shape index (κ3) is 3.12. The van der Waals surface area contributed by atoms with Crippen LogP contribution in [0.4, 0.5) is 5.69 Å². The first-order valence-corrected chi connectivity index (χ1v) is 8.17. The number of aromatic nitrogens is 2. The van der Waals surface area contributed by atoms with Crippen molar-refractivity contribution in [2.45, 2.75) is 6.10 Å². The highest BCUT2D eigenvalue weighted by Gasteiger charge is 2.23. The maximum Gasteiger partial charge on any atom is 0.323 e. The zero-order valence-electron chi connectivity index (χ0n) is 13.1. The van der Waals surface area contributed by atoms with Crippen LogP contribution in [0.15, 0.2) is 23.0 Å². The number of anilines is 1. The number of ether oxygens (including phenoxy) is 2. The Balaban J connectivity index is 1.41. The minimum Gasteiger partial charge on any atom is -0.376 e. The van der Waals surface area contributed by atoms with Crippen molar-refractivity contribution in [1.29, 1.82) is 0 Å². The molecule has 2 aliphatic heterocycles. The summed E-state index contributed by atoms with van der Waals surface area (Å²) >= 11 is 0. The number of fused-ring (bicyclic) bond motifs is 1. The lowest BCUT2D eigenvalue weighted by atomic mass is 10.2. The third-order valence-corrected chi connectivity index (χ3v) is 4.59. The largest absolute Gasteiger partial charge is 0.376 e. The molecule has 4 rings (SSSR count). The molecular formula is C16H22N4O3. The van der Waals surface area contributed by atoms with Gasteiger partial charge in [-0.25, -0.2) is 4.79 Å². The van der Waals surface area contributed by atoms with Crippen LogP contribution in [-0.4, -0.2) is 73.5 Å². The van der Waals surface area contributed by atoms with E-state index in [1.165, 1.54) is 0 Å². The van der Waals surface area contributed by atoms with Crippen molar-refractivity contribution in [3.8, 4) is 0 Å². The molecule has 2 aliphatic rings. The van der Waals surface area contributed by atoms with E-state index in [-0.39, 0.29) is 11.8 Å². The highest BCUT2D eigenvalue weighted by Crippen LogP contribution is 2.24. The lowest BCUT2D eigenvalue weighted by molar-refractivity contribution is -0.0977. The van der Waals surface area contributed by atoms with Gasteiger partial charge in [0.25, 0.3) is 0 Å². The van der Waals surface area contributed by atoms with Gasteiger partial charge in [0.15, 0.2) is 0 Å². The van der Waals surface area contributed by atoms with Gasteiger partial charge in [0.05, 0.1) is 42.6 Å². The van der Waals surface area contributed by atoms with Crippen LogP contribution in [0.1, 0.15) is 0 Å². The molecule has 0 aliphatic carbocycles. The summed E-state index contributed by atoms with van der Waals surface area (Å²) in [7, 11) is 0. The van der Waals surface area contributed by atoms with Crippen LogP contribution in [-0.2, 0) is 9.47 Å². The Morgan fingerprint density at radius 1 is 1.13 bits per heavy atom. The molecule has 2 N–H and O–H groups in total. The predicted molar refractivity (Wildman–Crippen MR) is 88.1 cm³/mol. The Bertz CT molecular complexity index is 711. The Morgan fingerprint density at radius 2 is 2.00 bits per heavy atom. The fraction of sp³-hybridized carbons (Fsp3) is 0.562. The summed E-state index contributed by atoms with van der Waals surface area (Å²) in [6.07, 6.45) is 0.194. The zero-order chi connectivity index (χ0) is 15.6. The van der Waals surface area contributed by atoms with E-state index in [0.717, 1.165) is 49.4 Å². The summed E-state index contributed by atoms with van der Waals surface area (Å²) in [5.74, 6) is 0. The van der Waals surface area contributed by atoms with E-state index >= 15 is 0 Å². The van der Waals surface area contributed by atoms with E-state index in [2.05, 4.69) is 25.8 Å². The summed E-state index contributed by atoms with van der Waals surface area (Å²) in [6.45, 7) is 6.91. The Hall–Kier alpha value is -1.83. The molecule has 0 radical (unpaired) electrons. The number of para-hydroxylation sites is 1. The highest BCUT2D eigenvalue weighted by molar-refractivity contribution is 5.88. The Labute approximate surface area is 134 Å². The van der Waals surface area contributed by atoms with Crippen LogP contribution in [0.3, 0.4) is 0 Å². The van der Waals surface area contributed by atoms with E-state index in [9.17, 15) is 4.79 Å². The van der Waals surface area contributed by atoms with Gasteiger partial charge in [0.1, 0.15) is 0 Å². The number of imidazole rings is 1. The molecule has 124 valence electrons.